The van der Waals surface area contributed by atoms with Gasteiger partial charge in [0, 0.05) is 23.8 Å². The molecule has 0 atom stereocenters. The van der Waals surface area contributed by atoms with E-state index >= 15 is 0 Å². The highest BCUT2D eigenvalue weighted by Gasteiger charge is 2.17. The molecule has 3 rings (SSSR count). The highest BCUT2D eigenvalue weighted by Crippen LogP contribution is 2.27. The number of aryl methyl sites for hydroxylation is 1. The number of nitrogens with zero attached hydrogens (tertiary/aromatic N) is 3. The number of methoxy groups -OCH3 is 1. The van der Waals surface area contributed by atoms with Crippen molar-refractivity contribution in [2.75, 3.05) is 12.4 Å². The first-order valence-electron chi connectivity index (χ1n) is 8.66. The van der Waals surface area contributed by atoms with Crippen LogP contribution >= 0.6 is 11.8 Å². The largest absolute Gasteiger partial charge is 0.464 e. The Balaban J connectivity index is 1.73. The Morgan fingerprint density at radius 2 is 1.93 bits per heavy atom. The minimum Gasteiger partial charge on any atom is -0.464 e. The molecular formula is C21H18N4O3S. The molecule has 0 bridgehead atoms. The topological polar surface area (TPSA) is 97.0 Å². The number of carbonyl (C=O) groups is 2. The third-order valence-corrected chi connectivity index (χ3v) is 5.27. The number of benzene rings is 2. The Morgan fingerprint density at radius 1 is 1.21 bits per heavy atom. The first-order valence-corrected chi connectivity index (χ1v) is 9.65. The van der Waals surface area contributed by atoms with Gasteiger partial charge in [0.1, 0.15) is 5.69 Å². The van der Waals surface area contributed by atoms with Crippen LogP contribution in [0.15, 0.2) is 59.5 Å². The highest BCUT2D eigenvalue weighted by atomic mass is 32.2. The van der Waals surface area contributed by atoms with Crippen molar-refractivity contribution in [2.45, 2.75) is 10.6 Å². The van der Waals surface area contributed by atoms with Crippen molar-refractivity contribution in [1.29, 1.82) is 5.26 Å². The molecule has 1 aromatic heterocycles. The smallest absolute Gasteiger partial charge is 0.356 e. The van der Waals surface area contributed by atoms with Crippen molar-refractivity contribution in [1.82, 2.24) is 9.78 Å². The molecule has 0 aliphatic rings. The van der Waals surface area contributed by atoms with Gasteiger partial charge in [0.2, 0.25) is 0 Å². The van der Waals surface area contributed by atoms with E-state index in [1.165, 1.54) is 29.6 Å². The summed E-state index contributed by atoms with van der Waals surface area (Å²) in [5.74, 6) is 0.0811. The molecule has 1 N–H and O–H groups in total. The van der Waals surface area contributed by atoms with Crippen LogP contribution in [-0.2, 0) is 17.5 Å². The number of rotatable bonds is 6. The van der Waals surface area contributed by atoms with E-state index in [2.05, 4.69) is 16.5 Å². The number of amides is 1. The van der Waals surface area contributed by atoms with Crippen LogP contribution in [0.2, 0.25) is 0 Å². The molecule has 3 aromatic rings. The van der Waals surface area contributed by atoms with E-state index in [9.17, 15) is 9.59 Å². The summed E-state index contributed by atoms with van der Waals surface area (Å²) in [5.41, 5.74) is 2.42. The average molecular weight is 406 g/mol. The maximum atomic E-state index is 12.8. The van der Waals surface area contributed by atoms with Gasteiger partial charge >= 0.3 is 5.97 Å². The zero-order valence-corrected chi connectivity index (χ0v) is 16.7. The molecule has 0 saturated heterocycles. The molecule has 0 aliphatic carbocycles. The predicted molar refractivity (Wildman–Crippen MR) is 110 cm³/mol. The van der Waals surface area contributed by atoms with Crippen LogP contribution < -0.4 is 5.32 Å². The molecule has 29 heavy (non-hydrogen) atoms. The summed E-state index contributed by atoms with van der Waals surface area (Å²) in [6.07, 6.45) is 0. The van der Waals surface area contributed by atoms with Gasteiger partial charge in [0.05, 0.1) is 24.3 Å². The molecule has 7 nitrogen and oxygen atoms in total. The number of hydrogen-bond acceptors (Lipinski definition) is 6. The van der Waals surface area contributed by atoms with E-state index in [-0.39, 0.29) is 17.4 Å². The molecule has 1 heterocycles. The zero-order valence-electron chi connectivity index (χ0n) is 15.9. The lowest BCUT2D eigenvalue weighted by Crippen LogP contribution is -2.13. The fourth-order valence-electron chi connectivity index (χ4n) is 2.62. The average Bonchev–Trinajstić information content (AvgIpc) is 3.12. The Labute approximate surface area is 172 Å². The fraction of sp³-hybridized carbons (Fsp3) is 0.143. The van der Waals surface area contributed by atoms with Gasteiger partial charge in [0.25, 0.3) is 5.91 Å². The molecule has 0 aliphatic heterocycles. The van der Waals surface area contributed by atoms with Crippen LogP contribution in [0.5, 0.6) is 0 Å². The van der Waals surface area contributed by atoms with Crippen LogP contribution in [0.1, 0.15) is 32.0 Å². The minimum absolute atomic E-state index is 0.242. The van der Waals surface area contributed by atoms with E-state index in [1.807, 2.05) is 24.3 Å². The lowest BCUT2D eigenvalue weighted by molar-refractivity contribution is 0.0588. The molecule has 2 aromatic carbocycles. The van der Waals surface area contributed by atoms with Crippen molar-refractivity contribution < 1.29 is 14.3 Å². The lowest BCUT2D eigenvalue weighted by atomic mass is 10.2. The van der Waals surface area contributed by atoms with Gasteiger partial charge in [-0.05, 0) is 29.8 Å². The van der Waals surface area contributed by atoms with E-state index in [4.69, 9.17) is 10.00 Å². The predicted octanol–water partition coefficient (Wildman–Crippen LogP) is 3.62. The van der Waals surface area contributed by atoms with Gasteiger partial charge in [-0.1, -0.05) is 24.3 Å². The standard InChI is InChI=1S/C21H18N4O3S/c1-25-17(21(27)28-2)11-19(24-25)23-20(26)16-5-3-4-6-18(16)29-13-15-9-7-14(12-22)8-10-15/h3-11H,13H2,1-2H3,(H,23,24,26). The van der Waals surface area contributed by atoms with Gasteiger partial charge in [-0.2, -0.15) is 10.4 Å². The molecule has 0 saturated carbocycles. The summed E-state index contributed by atoms with van der Waals surface area (Å²) in [5, 5.41) is 15.7. The molecule has 0 fully saturated rings. The Kier molecular flexibility index (Phi) is 6.32. The van der Waals surface area contributed by atoms with Crippen molar-refractivity contribution in [2.24, 2.45) is 7.05 Å². The van der Waals surface area contributed by atoms with Crippen molar-refractivity contribution in [3.8, 4) is 6.07 Å². The molecular weight excluding hydrogens is 388 g/mol. The van der Waals surface area contributed by atoms with Gasteiger partial charge in [0.15, 0.2) is 5.82 Å². The van der Waals surface area contributed by atoms with Crippen LogP contribution in [0.4, 0.5) is 5.82 Å². The quantitative estimate of drug-likeness (QED) is 0.496. The van der Waals surface area contributed by atoms with Crippen LogP contribution in [0, 0.1) is 11.3 Å². The second-order valence-electron chi connectivity index (χ2n) is 6.08. The third kappa shape index (κ3) is 4.83. The normalized spacial score (nSPS) is 10.2. The summed E-state index contributed by atoms with van der Waals surface area (Å²) in [4.78, 5) is 25.3. The van der Waals surface area contributed by atoms with Crippen molar-refractivity contribution in [3.63, 3.8) is 0 Å². The van der Waals surface area contributed by atoms with Crippen LogP contribution in [-0.4, -0.2) is 28.8 Å². The number of carbonyl (C=O) groups excluding carboxylic acids is 2. The first-order chi connectivity index (χ1) is 14.0. The van der Waals surface area contributed by atoms with Crippen LogP contribution in [0.25, 0.3) is 0 Å². The lowest BCUT2D eigenvalue weighted by Gasteiger charge is -2.09. The molecule has 0 unspecified atom stereocenters. The van der Waals surface area contributed by atoms with Gasteiger partial charge in [-0.15, -0.1) is 11.8 Å². The number of thioether (sulfide) groups is 1. The number of ether oxygens (including phenoxy) is 1. The highest BCUT2D eigenvalue weighted by molar-refractivity contribution is 7.98. The van der Waals surface area contributed by atoms with E-state index < -0.39 is 5.97 Å². The fourth-order valence-corrected chi connectivity index (χ4v) is 3.63. The number of aromatic nitrogens is 2. The summed E-state index contributed by atoms with van der Waals surface area (Å²) in [6, 6.07) is 18.2. The first kappa shape index (κ1) is 20.2. The van der Waals surface area contributed by atoms with Gasteiger partial charge in [-0.25, -0.2) is 4.79 Å². The van der Waals surface area contributed by atoms with Crippen molar-refractivity contribution >= 4 is 29.5 Å². The second-order valence-corrected chi connectivity index (χ2v) is 7.09. The SMILES string of the molecule is COC(=O)c1cc(NC(=O)c2ccccc2SCc2ccc(C#N)cc2)nn1C. The monoisotopic (exact) mass is 406 g/mol. The Morgan fingerprint density at radius 3 is 2.62 bits per heavy atom. The summed E-state index contributed by atoms with van der Waals surface area (Å²) < 4.78 is 6.05. The number of nitriles is 1. The van der Waals surface area contributed by atoms with E-state index in [0.29, 0.717) is 16.9 Å². The number of hydrogen-bond donors (Lipinski definition) is 1. The maximum absolute atomic E-state index is 12.8. The van der Waals surface area contributed by atoms with E-state index in [1.54, 1.807) is 31.3 Å². The summed E-state index contributed by atoms with van der Waals surface area (Å²) in [7, 11) is 2.89. The Hall–Kier alpha value is -3.57. The molecule has 0 radical (unpaired) electrons. The number of anilines is 1. The maximum Gasteiger partial charge on any atom is 0.356 e. The molecule has 8 heteroatoms. The second kappa shape index (κ2) is 9.08. The number of nitrogens with one attached hydrogen (secondary N) is 1. The van der Waals surface area contributed by atoms with Crippen molar-refractivity contribution in [3.05, 3.63) is 77.0 Å². The van der Waals surface area contributed by atoms with E-state index in [0.717, 1.165) is 10.5 Å². The molecule has 1 amide bonds. The molecule has 0 spiro atoms. The number of esters is 1. The van der Waals surface area contributed by atoms with Gasteiger partial charge in [-0.3, -0.25) is 9.48 Å². The molecule has 146 valence electrons. The third-order valence-electron chi connectivity index (χ3n) is 4.13. The Bertz CT molecular complexity index is 1080. The summed E-state index contributed by atoms with van der Waals surface area (Å²) >= 11 is 1.53. The zero-order chi connectivity index (χ0) is 20.8. The summed E-state index contributed by atoms with van der Waals surface area (Å²) in [6.45, 7) is 0. The minimum atomic E-state index is -0.529. The van der Waals surface area contributed by atoms with Crippen LogP contribution in [0.3, 0.4) is 0 Å². The van der Waals surface area contributed by atoms with Gasteiger partial charge < -0.3 is 10.1 Å².